The van der Waals surface area contributed by atoms with E-state index in [4.69, 9.17) is 11.5 Å². The summed E-state index contributed by atoms with van der Waals surface area (Å²) in [6.45, 7) is 4.83. The molecule has 2 aromatic rings. The topological polar surface area (TPSA) is 72.3 Å². The fraction of sp³-hybridized carbons (Fsp3) is 0.188. The number of amides is 1. The maximum absolute atomic E-state index is 11.4. The molecule has 1 amide bonds. The van der Waals surface area contributed by atoms with E-state index in [1.807, 2.05) is 44.2 Å². The number of nitrogens with zero attached hydrogens (tertiary/aromatic N) is 1. The van der Waals surface area contributed by atoms with Crippen LogP contribution in [0, 0.1) is 6.92 Å². The van der Waals surface area contributed by atoms with Crippen LogP contribution in [0.2, 0.25) is 0 Å². The van der Waals surface area contributed by atoms with Crippen LogP contribution in [0.15, 0.2) is 42.5 Å². The second-order valence-electron chi connectivity index (χ2n) is 4.68. The SMILES string of the molecule is CCN(c1ccc(C)cc1)c1cccc(C(N)=O)c1N. The molecule has 20 heavy (non-hydrogen) atoms. The summed E-state index contributed by atoms with van der Waals surface area (Å²) in [5, 5.41) is 0. The lowest BCUT2D eigenvalue weighted by Crippen LogP contribution is -2.20. The van der Waals surface area contributed by atoms with E-state index in [0.717, 1.165) is 17.9 Å². The minimum atomic E-state index is -0.510. The molecular formula is C16H19N3O. The minimum Gasteiger partial charge on any atom is -0.396 e. The fourth-order valence-corrected chi connectivity index (χ4v) is 2.22. The van der Waals surface area contributed by atoms with Crippen molar-refractivity contribution in [1.82, 2.24) is 0 Å². The van der Waals surface area contributed by atoms with Gasteiger partial charge in [-0.15, -0.1) is 0 Å². The zero-order chi connectivity index (χ0) is 14.7. The van der Waals surface area contributed by atoms with Crippen LogP contribution >= 0.6 is 0 Å². The van der Waals surface area contributed by atoms with Crippen LogP contribution in [-0.4, -0.2) is 12.5 Å². The number of nitrogens with two attached hydrogens (primary N) is 2. The second-order valence-corrected chi connectivity index (χ2v) is 4.68. The van der Waals surface area contributed by atoms with Crippen LogP contribution in [0.3, 0.4) is 0 Å². The van der Waals surface area contributed by atoms with Gasteiger partial charge in [-0.1, -0.05) is 23.8 Å². The van der Waals surface area contributed by atoms with Crippen LogP contribution in [-0.2, 0) is 0 Å². The predicted molar refractivity (Wildman–Crippen MR) is 83.2 cm³/mol. The number of carbonyl (C=O) groups excluding carboxylic acids is 1. The Balaban J connectivity index is 2.49. The summed E-state index contributed by atoms with van der Waals surface area (Å²) in [6, 6.07) is 13.5. The van der Waals surface area contributed by atoms with Crippen molar-refractivity contribution in [2.24, 2.45) is 5.73 Å². The number of hydrogen-bond donors (Lipinski definition) is 2. The molecular weight excluding hydrogens is 250 g/mol. The van der Waals surface area contributed by atoms with Gasteiger partial charge in [-0.05, 0) is 38.1 Å². The first-order chi connectivity index (χ1) is 9.54. The highest BCUT2D eigenvalue weighted by atomic mass is 16.1. The molecule has 2 aromatic carbocycles. The molecule has 4 heteroatoms. The number of nitrogen functional groups attached to an aromatic ring is 1. The van der Waals surface area contributed by atoms with Crippen molar-refractivity contribution >= 4 is 23.0 Å². The monoisotopic (exact) mass is 269 g/mol. The molecule has 0 saturated heterocycles. The standard InChI is InChI=1S/C16H19N3O/c1-3-19(12-9-7-11(2)8-10-12)14-6-4-5-13(15(14)17)16(18)20/h4-10H,3,17H2,1-2H3,(H2,18,20). The van der Waals surface area contributed by atoms with Gasteiger partial charge in [-0.3, -0.25) is 4.79 Å². The van der Waals surface area contributed by atoms with Gasteiger partial charge in [0, 0.05) is 12.2 Å². The molecule has 0 bridgehead atoms. The summed E-state index contributed by atoms with van der Waals surface area (Å²) >= 11 is 0. The summed E-state index contributed by atoms with van der Waals surface area (Å²) in [4.78, 5) is 13.4. The third-order valence-electron chi connectivity index (χ3n) is 3.30. The van der Waals surface area contributed by atoms with Crippen LogP contribution in [0.5, 0.6) is 0 Å². The zero-order valence-electron chi connectivity index (χ0n) is 11.8. The third kappa shape index (κ3) is 2.59. The van der Waals surface area contributed by atoms with Crippen molar-refractivity contribution in [3.05, 3.63) is 53.6 Å². The van der Waals surface area contributed by atoms with E-state index in [9.17, 15) is 4.79 Å². The molecule has 0 aliphatic rings. The number of benzene rings is 2. The molecule has 4 N–H and O–H groups in total. The quantitative estimate of drug-likeness (QED) is 0.838. The Labute approximate surface area is 119 Å². The Hall–Kier alpha value is -2.49. The number of hydrogen-bond acceptors (Lipinski definition) is 3. The van der Waals surface area contributed by atoms with Crippen LogP contribution in [0.1, 0.15) is 22.8 Å². The van der Waals surface area contributed by atoms with Gasteiger partial charge in [0.15, 0.2) is 0 Å². The van der Waals surface area contributed by atoms with Gasteiger partial charge in [0.05, 0.1) is 16.9 Å². The summed E-state index contributed by atoms with van der Waals surface area (Å²) in [6.07, 6.45) is 0. The smallest absolute Gasteiger partial charge is 0.250 e. The second kappa shape index (κ2) is 5.65. The average Bonchev–Trinajstić information content (AvgIpc) is 2.43. The molecule has 2 rings (SSSR count). The Bertz CT molecular complexity index is 620. The molecule has 0 aliphatic heterocycles. The lowest BCUT2D eigenvalue weighted by molar-refractivity contribution is 0.100. The minimum absolute atomic E-state index is 0.355. The van der Waals surface area contributed by atoms with Crippen LogP contribution < -0.4 is 16.4 Å². The average molecular weight is 269 g/mol. The summed E-state index contributed by atoms with van der Waals surface area (Å²) in [5.74, 6) is -0.510. The molecule has 104 valence electrons. The summed E-state index contributed by atoms with van der Waals surface area (Å²) in [5.41, 5.74) is 15.2. The van der Waals surface area contributed by atoms with E-state index in [0.29, 0.717) is 11.3 Å². The van der Waals surface area contributed by atoms with Gasteiger partial charge in [0.25, 0.3) is 5.91 Å². The van der Waals surface area contributed by atoms with E-state index in [1.54, 1.807) is 12.1 Å². The number of rotatable bonds is 4. The van der Waals surface area contributed by atoms with Gasteiger partial charge >= 0.3 is 0 Å². The summed E-state index contributed by atoms with van der Waals surface area (Å²) < 4.78 is 0. The molecule has 0 unspecified atom stereocenters. The Morgan fingerprint density at radius 3 is 2.35 bits per heavy atom. The highest BCUT2D eigenvalue weighted by Crippen LogP contribution is 2.32. The van der Waals surface area contributed by atoms with Crippen molar-refractivity contribution in [3.63, 3.8) is 0 Å². The number of carbonyl (C=O) groups is 1. The first kappa shape index (κ1) is 13.9. The maximum atomic E-state index is 11.4. The molecule has 0 aromatic heterocycles. The van der Waals surface area contributed by atoms with Crippen molar-refractivity contribution in [1.29, 1.82) is 0 Å². The van der Waals surface area contributed by atoms with E-state index >= 15 is 0 Å². The molecule has 0 radical (unpaired) electrons. The number of aryl methyl sites for hydroxylation is 1. The predicted octanol–water partition coefficient (Wildman–Crippen LogP) is 2.83. The largest absolute Gasteiger partial charge is 0.396 e. The van der Waals surface area contributed by atoms with Crippen molar-refractivity contribution in [3.8, 4) is 0 Å². The zero-order valence-corrected chi connectivity index (χ0v) is 11.8. The third-order valence-corrected chi connectivity index (χ3v) is 3.30. The number of primary amides is 1. The lowest BCUT2D eigenvalue weighted by atomic mass is 10.1. The highest BCUT2D eigenvalue weighted by molar-refractivity contribution is 6.01. The Kier molecular flexibility index (Phi) is 3.94. The van der Waals surface area contributed by atoms with Crippen molar-refractivity contribution in [2.75, 3.05) is 17.2 Å². The Morgan fingerprint density at radius 2 is 1.80 bits per heavy atom. The van der Waals surface area contributed by atoms with E-state index in [2.05, 4.69) is 4.90 Å². The van der Waals surface area contributed by atoms with E-state index in [-0.39, 0.29) is 0 Å². The fourth-order valence-electron chi connectivity index (χ4n) is 2.22. The van der Waals surface area contributed by atoms with Gasteiger partial charge in [-0.25, -0.2) is 0 Å². The maximum Gasteiger partial charge on any atom is 0.250 e. The highest BCUT2D eigenvalue weighted by Gasteiger charge is 2.15. The van der Waals surface area contributed by atoms with Crippen molar-refractivity contribution < 1.29 is 4.79 Å². The molecule has 0 spiro atoms. The molecule has 0 saturated carbocycles. The van der Waals surface area contributed by atoms with Crippen LogP contribution in [0.4, 0.5) is 17.1 Å². The molecule has 0 atom stereocenters. The van der Waals surface area contributed by atoms with E-state index in [1.165, 1.54) is 5.56 Å². The van der Waals surface area contributed by atoms with Gasteiger partial charge in [0.2, 0.25) is 0 Å². The number of para-hydroxylation sites is 1. The molecule has 0 heterocycles. The summed E-state index contributed by atoms with van der Waals surface area (Å²) in [7, 11) is 0. The first-order valence-electron chi connectivity index (χ1n) is 6.57. The lowest BCUT2D eigenvalue weighted by Gasteiger charge is -2.25. The van der Waals surface area contributed by atoms with Gasteiger partial charge in [0.1, 0.15) is 0 Å². The van der Waals surface area contributed by atoms with Crippen LogP contribution in [0.25, 0.3) is 0 Å². The van der Waals surface area contributed by atoms with Gasteiger partial charge in [-0.2, -0.15) is 0 Å². The molecule has 0 aliphatic carbocycles. The van der Waals surface area contributed by atoms with E-state index < -0.39 is 5.91 Å². The normalized spacial score (nSPS) is 10.3. The Morgan fingerprint density at radius 1 is 1.15 bits per heavy atom. The number of anilines is 3. The first-order valence-corrected chi connectivity index (χ1v) is 6.57. The van der Waals surface area contributed by atoms with Crippen molar-refractivity contribution in [2.45, 2.75) is 13.8 Å². The molecule has 4 nitrogen and oxygen atoms in total. The molecule has 0 fully saturated rings. The van der Waals surface area contributed by atoms with Gasteiger partial charge < -0.3 is 16.4 Å².